The first-order chi connectivity index (χ1) is 19.4. The minimum absolute atomic E-state index is 0.433. The molecule has 0 amide bonds. The molecule has 5 rings (SSSR count). The van der Waals surface area contributed by atoms with Crippen LogP contribution in [0.2, 0.25) is 0 Å². The minimum Gasteiger partial charge on any atom is -0.389 e. The zero-order valence-corrected chi connectivity index (χ0v) is 24.7. The second kappa shape index (κ2) is 12.0. The van der Waals surface area contributed by atoms with Gasteiger partial charge in [0.25, 0.3) is 0 Å². The third-order valence-corrected chi connectivity index (χ3v) is 6.89. The van der Waals surface area contributed by atoms with E-state index >= 15 is 0 Å². The highest BCUT2D eigenvalue weighted by Gasteiger charge is 2.25. The molecule has 1 aromatic carbocycles. The van der Waals surface area contributed by atoms with Gasteiger partial charge in [0.05, 0.1) is 23.9 Å². The first-order valence-corrected chi connectivity index (χ1v) is 13.7. The number of hydrogen-bond acceptors (Lipinski definition) is 9. The van der Waals surface area contributed by atoms with Crippen molar-refractivity contribution in [1.82, 2.24) is 34.3 Å². The van der Waals surface area contributed by atoms with Gasteiger partial charge in [-0.05, 0) is 53.2 Å². The van der Waals surface area contributed by atoms with Crippen molar-refractivity contribution in [1.29, 1.82) is 0 Å². The van der Waals surface area contributed by atoms with Crippen molar-refractivity contribution in [2.24, 2.45) is 5.73 Å². The van der Waals surface area contributed by atoms with Crippen LogP contribution in [0.1, 0.15) is 51.3 Å². The molecule has 0 aliphatic carbocycles. The summed E-state index contributed by atoms with van der Waals surface area (Å²) < 4.78 is 3.40. The van der Waals surface area contributed by atoms with Crippen LogP contribution in [0.25, 0.3) is 16.6 Å². The predicted octanol–water partition coefficient (Wildman–Crippen LogP) is 3.80. The summed E-state index contributed by atoms with van der Waals surface area (Å²) in [4.78, 5) is 15.0. The fourth-order valence-corrected chi connectivity index (χ4v) is 4.43. The van der Waals surface area contributed by atoms with Gasteiger partial charge in [0, 0.05) is 54.6 Å². The van der Waals surface area contributed by atoms with Gasteiger partial charge in [-0.15, -0.1) is 0 Å². The zero-order valence-electron chi connectivity index (χ0n) is 24.7. The van der Waals surface area contributed by atoms with Gasteiger partial charge in [0.1, 0.15) is 11.8 Å². The summed E-state index contributed by atoms with van der Waals surface area (Å²) in [6.07, 6.45) is 10.6. The number of nitrogens with two attached hydrogens (primary N) is 2. The zero-order chi connectivity index (χ0) is 29.8. The van der Waals surface area contributed by atoms with E-state index in [2.05, 4.69) is 75.1 Å². The third kappa shape index (κ3) is 7.05. The van der Waals surface area contributed by atoms with Crippen LogP contribution in [0.5, 0.6) is 0 Å². The Bertz CT molecular complexity index is 1560. The average molecular weight is 557 g/mol. The number of rotatable bonds is 8. The number of aliphatic hydroxyl groups is 1. The highest BCUT2D eigenvalue weighted by atomic mass is 16.3. The number of fused-ring (bicyclic) bond motifs is 1. The number of benzene rings is 1. The standard InChI is InChI=1S/C17H24N4.C13H16N6O/c1-5-21(6-2)16-19-11-15(12-20-16)17(4,18)14-9-7-13(3)8-10-14;1-13(2,20)7-18-5-10(4-16-18)9-3-11-12(14)15-8-17-19(11)6-9/h7-12H,5-6,18H2,1-4H3;3-6,8,20H,7H2,1-2H3,(H2,14,15,17)/t17-;/m0./s1. The Labute approximate surface area is 240 Å². The Morgan fingerprint density at radius 2 is 1.54 bits per heavy atom. The second-order valence-corrected chi connectivity index (χ2v) is 11.0. The van der Waals surface area contributed by atoms with Crippen molar-refractivity contribution in [3.8, 4) is 11.1 Å². The maximum absolute atomic E-state index is 9.80. The first kappa shape index (κ1) is 29.6. The highest BCUT2D eigenvalue weighted by Crippen LogP contribution is 2.27. The van der Waals surface area contributed by atoms with Crippen LogP contribution in [-0.4, -0.2) is 58.1 Å². The lowest BCUT2D eigenvalue weighted by Gasteiger charge is -2.26. The van der Waals surface area contributed by atoms with E-state index < -0.39 is 11.1 Å². The molecule has 0 aliphatic rings. The molecule has 0 radical (unpaired) electrons. The fourth-order valence-electron chi connectivity index (χ4n) is 4.43. The predicted molar refractivity (Wildman–Crippen MR) is 162 cm³/mol. The van der Waals surface area contributed by atoms with Gasteiger partial charge in [-0.25, -0.2) is 19.5 Å². The molecule has 4 aromatic heterocycles. The molecule has 0 saturated heterocycles. The molecule has 11 heteroatoms. The fraction of sp³-hybridized carbons (Fsp3) is 0.367. The number of hydrogen-bond donors (Lipinski definition) is 3. The molecule has 1 atom stereocenters. The molecule has 4 heterocycles. The van der Waals surface area contributed by atoms with Gasteiger partial charge in [-0.3, -0.25) is 4.68 Å². The number of nitrogens with zero attached hydrogens (tertiary/aromatic N) is 8. The Morgan fingerprint density at radius 1 is 0.878 bits per heavy atom. The second-order valence-electron chi connectivity index (χ2n) is 11.0. The smallest absolute Gasteiger partial charge is 0.225 e. The summed E-state index contributed by atoms with van der Waals surface area (Å²) in [6, 6.07) is 10.2. The first-order valence-electron chi connectivity index (χ1n) is 13.7. The largest absolute Gasteiger partial charge is 0.389 e. The average Bonchev–Trinajstić information content (AvgIpc) is 3.57. The Kier molecular flexibility index (Phi) is 8.69. The van der Waals surface area contributed by atoms with E-state index in [9.17, 15) is 5.11 Å². The molecule has 0 fully saturated rings. The van der Waals surface area contributed by atoms with E-state index in [1.807, 2.05) is 37.8 Å². The summed E-state index contributed by atoms with van der Waals surface area (Å²) in [7, 11) is 0. The Morgan fingerprint density at radius 3 is 2.12 bits per heavy atom. The highest BCUT2D eigenvalue weighted by molar-refractivity contribution is 5.75. The van der Waals surface area contributed by atoms with Crippen molar-refractivity contribution >= 4 is 17.3 Å². The van der Waals surface area contributed by atoms with Crippen molar-refractivity contribution in [3.05, 3.63) is 84.3 Å². The van der Waals surface area contributed by atoms with Gasteiger partial charge >= 0.3 is 0 Å². The van der Waals surface area contributed by atoms with E-state index in [4.69, 9.17) is 11.5 Å². The van der Waals surface area contributed by atoms with E-state index in [0.717, 1.165) is 46.8 Å². The van der Waals surface area contributed by atoms with Crippen LogP contribution in [0.3, 0.4) is 0 Å². The summed E-state index contributed by atoms with van der Waals surface area (Å²) in [5.74, 6) is 1.19. The lowest BCUT2D eigenvalue weighted by atomic mass is 9.87. The van der Waals surface area contributed by atoms with Gasteiger partial charge < -0.3 is 21.5 Å². The lowest BCUT2D eigenvalue weighted by molar-refractivity contribution is 0.0577. The van der Waals surface area contributed by atoms with E-state index in [1.165, 1.54) is 11.9 Å². The van der Waals surface area contributed by atoms with E-state index in [0.29, 0.717) is 12.4 Å². The maximum atomic E-state index is 9.80. The monoisotopic (exact) mass is 556 g/mol. The molecule has 11 nitrogen and oxygen atoms in total. The summed E-state index contributed by atoms with van der Waals surface area (Å²) >= 11 is 0. The summed E-state index contributed by atoms with van der Waals surface area (Å²) in [5.41, 5.74) is 16.8. The minimum atomic E-state index is -0.801. The van der Waals surface area contributed by atoms with Crippen LogP contribution in [0.15, 0.2) is 67.6 Å². The molecule has 5 N–H and O–H groups in total. The van der Waals surface area contributed by atoms with Crippen LogP contribution in [0.4, 0.5) is 11.8 Å². The third-order valence-electron chi connectivity index (χ3n) is 6.89. The van der Waals surface area contributed by atoms with Crippen molar-refractivity contribution < 1.29 is 5.11 Å². The Hall–Kier alpha value is -4.35. The lowest BCUT2D eigenvalue weighted by Crippen LogP contribution is -2.35. The van der Waals surface area contributed by atoms with Gasteiger partial charge in [-0.1, -0.05) is 29.8 Å². The van der Waals surface area contributed by atoms with Crippen molar-refractivity contribution in [2.75, 3.05) is 23.7 Å². The van der Waals surface area contributed by atoms with Gasteiger partial charge in [-0.2, -0.15) is 10.2 Å². The number of anilines is 2. The quantitative estimate of drug-likeness (QED) is 0.259. The molecule has 41 heavy (non-hydrogen) atoms. The Balaban J connectivity index is 0.000000189. The number of aryl methyl sites for hydroxylation is 1. The topological polar surface area (TPSA) is 149 Å². The molecule has 0 aliphatic heterocycles. The molecule has 5 aromatic rings. The van der Waals surface area contributed by atoms with Crippen LogP contribution in [0, 0.1) is 6.92 Å². The van der Waals surface area contributed by atoms with E-state index in [-0.39, 0.29) is 0 Å². The molecular weight excluding hydrogens is 516 g/mol. The molecule has 0 saturated carbocycles. The van der Waals surface area contributed by atoms with Gasteiger partial charge in [0.15, 0.2) is 5.82 Å². The van der Waals surface area contributed by atoms with Crippen LogP contribution in [-0.2, 0) is 12.1 Å². The van der Waals surface area contributed by atoms with Crippen molar-refractivity contribution in [3.63, 3.8) is 0 Å². The van der Waals surface area contributed by atoms with Crippen LogP contribution < -0.4 is 16.4 Å². The number of aromatic nitrogens is 7. The normalized spacial score (nSPS) is 13.0. The molecule has 216 valence electrons. The SMILES string of the molecule is CC(C)(O)Cn1cc(-c2cc3c(N)ncnn3c2)cn1.CCN(CC)c1ncc([C@@](C)(N)c2ccc(C)cc2)cn1. The molecule has 0 bridgehead atoms. The summed E-state index contributed by atoms with van der Waals surface area (Å²) in [6.45, 7) is 14.0. The van der Waals surface area contributed by atoms with E-state index in [1.54, 1.807) is 29.2 Å². The molecule has 0 unspecified atom stereocenters. The molecular formula is C30H40N10O. The number of nitrogen functional groups attached to an aromatic ring is 1. The summed E-state index contributed by atoms with van der Waals surface area (Å²) in [5, 5.41) is 18.2. The van der Waals surface area contributed by atoms with Crippen LogP contribution >= 0.6 is 0 Å². The molecule has 0 spiro atoms. The van der Waals surface area contributed by atoms with Crippen molar-refractivity contribution in [2.45, 2.75) is 59.2 Å². The maximum Gasteiger partial charge on any atom is 0.225 e. The van der Waals surface area contributed by atoms with Gasteiger partial charge in [0.2, 0.25) is 5.95 Å².